The minimum Gasteiger partial charge on any atom is -0.376 e. The van der Waals surface area contributed by atoms with E-state index in [1.54, 1.807) is 35.6 Å². The molecule has 2 rings (SSSR count). The first-order valence-electron chi connectivity index (χ1n) is 9.03. The molecule has 3 amide bonds. The Morgan fingerprint density at radius 1 is 1.00 bits per heavy atom. The number of amides is 3. The van der Waals surface area contributed by atoms with Gasteiger partial charge < -0.3 is 20.9 Å². The Morgan fingerprint density at radius 2 is 1.61 bits per heavy atom. The molecule has 0 radical (unpaired) electrons. The summed E-state index contributed by atoms with van der Waals surface area (Å²) in [7, 11) is 1.41. The quantitative estimate of drug-likeness (QED) is 0.569. The molecule has 0 saturated carbocycles. The molecular formula is C20H20ClF3N4O3. The van der Waals surface area contributed by atoms with Gasteiger partial charge >= 0.3 is 6.18 Å². The van der Waals surface area contributed by atoms with Gasteiger partial charge in [-0.2, -0.15) is 13.2 Å². The minimum atomic E-state index is -4.54. The lowest BCUT2D eigenvalue weighted by Crippen LogP contribution is -2.38. The molecule has 31 heavy (non-hydrogen) atoms. The Labute approximate surface area is 181 Å². The molecule has 11 heteroatoms. The van der Waals surface area contributed by atoms with Crippen LogP contribution in [-0.2, 0) is 9.59 Å². The van der Waals surface area contributed by atoms with E-state index < -0.39 is 30.4 Å². The van der Waals surface area contributed by atoms with Gasteiger partial charge in [-0.25, -0.2) is 0 Å². The molecule has 2 aromatic rings. The first kappa shape index (κ1) is 24.0. The number of halogens is 4. The van der Waals surface area contributed by atoms with E-state index in [2.05, 4.69) is 10.6 Å². The fourth-order valence-electron chi connectivity index (χ4n) is 2.47. The highest BCUT2D eigenvalue weighted by molar-refractivity contribution is 6.33. The first-order chi connectivity index (χ1) is 14.6. The molecule has 0 aliphatic carbocycles. The molecule has 0 aromatic heterocycles. The van der Waals surface area contributed by atoms with Crippen LogP contribution in [0, 0.1) is 0 Å². The van der Waals surface area contributed by atoms with Crippen molar-refractivity contribution in [3.63, 3.8) is 0 Å². The zero-order chi connectivity index (χ0) is 23.0. The van der Waals surface area contributed by atoms with Crippen molar-refractivity contribution in [2.24, 2.45) is 0 Å². The standard InChI is InChI=1S/C20H20ClF3N4O3/c1-28(11-17(29)27-16-9-5-3-7-14(16)21)18(30)10-25-15-8-4-2-6-13(15)19(31)26-12-20(22,23)24/h2-9,25H,10-12H2,1H3,(H,26,31)(H,27,29). The maximum absolute atomic E-state index is 12.3. The molecule has 0 aliphatic heterocycles. The van der Waals surface area contributed by atoms with Gasteiger partial charge in [0.1, 0.15) is 6.54 Å². The SMILES string of the molecule is CN(CC(=O)Nc1ccccc1Cl)C(=O)CNc1ccccc1C(=O)NCC(F)(F)F. The molecule has 0 unspecified atom stereocenters. The van der Waals surface area contributed by atoms with Gasteiger partial charge in [0.05, 0.1) is 29.4 Å². The molecule has 0 atom stereocenters. The van der Waals surface area contributed by atoms with E-state index in [4.69, 9.17) is 11.6 Å². The monoisotopic (exact) mass is 456 g/mol. The summed E-state index contributed by atoms with van der Waals surface area (Å²) in [6.07, 6.45) is -4.54. The summed E-state index contributed by atoms with van der Waals surface area (Å²) in [4.78, 5) is 37.6. The van der Waals surface area contributed by atoms with Crippen LogP contribution < -0.4 is 16.0 Å². The van der Waals surface area contributed by atoms with E-state index >= 15 is 0 Å². The number of para-hydroxylation sites is 2. The molecule has 2 aromatic carbocycles. The first-order valence-corrected chi connectivity index (χ1v) is 9.41. The van der Waals surface area contributed by atoms with E-state index in [1.807, 2.05) is 0 Å². The lowest BCUT2D eigenvalue weighted by atomic mass is 10.1. The Kier molecular flexibility index (Phi) is 8.26. The molecule has 0 bridgehead atoms. The molecule has 0 spiro atoms. The van der Waals surface area contributed by atoms with Gasteiger partial charge in [0, 0.05) is 12.7 Å². The number of nitrogens with one attached hydrogen (secondary N) is 3. The normalized spacial score (nSPS) is 10.9. The number of rotatable bonds is 8. The van der Waals surface area contributed by atoms with E-state index in [1.165, 1.54) is 25.2 Å². The van der Waals surface area contributed by atoms with Crippen molar-refractivity contribution in [2.75, 3.05) is 37.3 Å². The van der Waals surface area contributed by atoms with E-state index in [-0.39, 0.29) is 24.3 Å². The largest absolute Gasteiger partial charge is 0.405 e. The minimum absolute atomic E-state index is 0.0429. The number of carbonyl (C=O) groups is 3. The Morgan fingerprint density at radius 3 is 2.26 bits per heavy atom. The third-order valence-corrected chi connectivity index (χ3v) is 4.34. The maximum atomic E-state index is 12.3. The Hall–Kier alpha value is -3.27. The van der Waals surface area contributed by atoms with Crippen molar-refractivity contribution < 1.29 is 27.6 Å². The molecule has 0 saturated heterocycles. The van der Waals surface area contributed by atoms with Crippen LogP contribution in [0.2, 0.25) is 5.02 Å². The maximum Gasteiger partial charge on any atom is 0.405 e. The average molecular weight is 457 g/mol. The second-order valence-corrected chi connectivity index (χ2v) is 6.88. The third-order valence-electron chi connectivity index (χ3n) is 4.01. The summed E-state index contributed by atoms with van der Waals surface area (Å²) in [5, 5.41) is 7.44. The highest BCUT2D eigenvalue weighted by Crippen LogP contribution is 2.20. The summed E-state index contributed by atoms with van der Waals surface area (Å²) in [6, 6.07) is 12.5. The van der Waals surface area contributed by atoms with E-state index in [9.17, 15) is 27.6 Å². The lowest BCUT2D eigenvalue weighted by Gasteiger charge is -2.18. The topological polar surface area (TPSA) is 90.5 Å². The molecule has 0 aliphatic rings. The van der Waals surface area contributed by atoms with E-state index in [0.717, 1.165) is 4.90 Å². The van der Waals surface area contributed by atoms with Crippen molar-refractivity contribution in [1.29, 1.82) is 0 Å². The van der Waals surface area contributed by atoms with Crippen LogP contribution in [0.25, 0.3) is 0 Å². The summed E-state index contributed by atoms with van der Waals surface area (Å²) >= 11 is 5.97. The fraction of sp³-hybridized carbons (Fsp3) is 0.250. The number of hydrogen-bond acceptors (Lipinski definition) is 4. The zero-order valence-electron chi connectivity index (χ0n) is 16.4. The fourth-order valence-corrected chi connectivity index (χ4v) is 2.66. The van der Waals surface area contributed by atoms with Crippen LogP contribution in [0.15, 0.2) is 48.5 Å². The van der Waals surface area contributed by atoms with Gasteiger partial charge in [0.15, 0.2) is 0 Å². The number of likely N-dealkylation sites (N-methyl/N-ethyl adjacent to an activating group) is 1. The van der Waals surface area contributed by atoms with Crippen molar-refractivity contribution in [3.8, 4) is 0 Å². The number of benzene rings is 2. The van der Waals surface area contributed by atoms with Gasteiger partial charge in [-0.1, -0.05) is 35.9 Å². The van der Waals surface area contributed by atoms with Crippen molar-refractivity contribution in [1.82, 2.24) is 10.2 Å². The predicted octanol–water partition coefficient (Wildman–Crippen LogP) is 3.14. The summed E-state index contributed by atoms with van der Waals surface area (Å²) in [6.45, 7) is -2.00. The smallest absolute Gasteiger partial charge is 0.376 e. The van der Waals surface area contributed by atoms with Crippen LogP contribution >= 0.6 is 11.6 Å². The van der Waals surface area contributed by atoms with Crippen LogP contribution in [0.3, 0.4) is 0 Å². The Bertz CT molecular complexity index is 953. The molecular weight excluding hydrogens is 437 g/mol. The number of nitrogens with zero attached hydrogens (tertiary/aromatic N) is 1. The van der Waals surface area contributed by atoms with Crippen molar-refractivity contribution >= 4 is 40.7 Å². The highest BCUT2D eigenvalue weighted by atomic mass is 35.5. The summed E-state index contributed by atoms with van der Waals surface area (Å²) in [5.74, 6) is -1.86. The van der Waals surface area contributed by atoms with Gasteiger partial charge in [-0.05, 0) is 24.3 Å². The third kappa shape index (κ3) is 7.82. The lowest BCUT2D eigenvalue weighted by molar-refractivity contribution is -0.131. The predicted molar refractivity (Wildman–Crippen MR) is 111 cm³/mol. The highest BCUT2D eigenvalue weighted by Gasteiger charge is 2.28. The van der Waals surface area contributed by atoms with Gasteiger partial charge in [0.25, 0.3) is 5.91 Å². The van der Waals surface area contributed by atoms with Gasteiger partial charge in [-0.3, -0.25) is 14.4 Å². The number of alkyl halides is 3. The molecule has 3 N–H and O–H groups in total. The van der Waals surface area contributed by atoms with Crippen molar-refractivity contribution in [3.05, 3.63) is 59.1 Å². The number of hydrogen-bond donors (Lipinski definition) is 3. The van der Waals surface area contributed by atoms with Crippen molar-refractivity contribution in [2.45, 2.75) is 6.18 Å². The molecule has 0 fully saturated rings. The second-order valence-electron chi connectivity index (χ2n) is 6.47. The van der Waals surface area contributed by atoms with E-state index in [0.29, 0.717) is 10.7 Å². The molecule has 7 nitrogen and oxygen atoms in total. The van der Waals surface area contributed by atoms with Crippen LogP contribution in [0.4, 0.5) is 24.5 Å². The van der Waals surface area contributed by atoms with Gasteiger partial charge in [-0.15, -0.1) is 0 Å². The molecule has 0 heterocycles. The number of anilines is 2. The average Bonchev–Trinajstić information content (AvgIpc) is 2.71. The zero-order valence-corrected chi connectivity index (χ0v) is 17.2. The Balaban J connectivity index is 1.91. The summed E-state index contributed by atoms with van der Waals surface area (Å²) < 4.78 is 37.0. The van der Waals surface area contributed by atoms with Crippen LogP contribution in [0.1, 0.15) is 10.4 Å². The van der Waals surface area contributed by atoms with Crippen LogP contribution in [0.5, 0.6) is 0 Å². The van der Waals surface area contributed by atoms with Crippen LogP contribution in [-0.4, -0.2) is 55.5 Å². The summed E-state index contributed by atoms with van der Waals surface area (Å²) in [5.41, 5.74) is 0.551. The second kappa shape index (κ2) is 10.7. The molecule has 166 valence electrons. The van der Waals surface area contributed by atoms with Gasteiger partial charge in [0.2, 0.25) is 11.8 Å². The number of carbonyl (C=O) groups excluding carboxylic acids is 3.